The normalized spacial score (nSPS) is 11.5. The van der Waals surface area contributed by atoms with Gasteiger partial charge in [0.25, 0.3) is 0 Å². The highest BCUT2D eigenvalue weighted by molar-refractivity contribution is 6.26. The van der Waals surface area contributed by atoms with Crippen LogP contribution in [0.3, 0.4) is 0 Å². The van der Waals surface area contributed by atoms with Gasteiger partial charge >= 0.3 is 0 Å². The number of aliphatic imine (C=N–C) groups is 1. The molecule has 5 aromatic rings. The van der Waals surface area contributed by atoms with Crippen molar-refractivity contribution in [2.45, 2.75) is 6.54 Å². The first kappa shape index (κ1) is 19.6. The third kappa shape index (κ3) is 3.63. The summed E-state index contributed by atoms with van der Waals surface area (Å²) in [5.74, 6) is 0.572. The summed E-state index contributed by atoms with van der Waals surface area (Å²) in [4.78, 5) is 4.61. The fraction of sp³-hybridized carbons (Fsp3) is 0.0741. The number of benzene rings is 5. The summed E-state index contributed by atoms with van der Waals surface area (Å²) in [7, 11) is 1.50. The van der Waals surface area contributed by atoms with E-state index in [-0.39, 0.29) is 0 Å². The molecule has 0 amide bonds. The van der Waals surface area contributed by atoms with Crippen LogP contribution in [0.2, 0.25) is 0 Å². The molecule has 0 fully saturated rings. The van der Waals surface area contributed by atoms with Gasteiger partial charge in [0.05, 0.1) is 6.54 Å². The van der Waals surface area contributed by atoms with E-state index >= 15 is 0 Å². The van der Waals surface area contributed by atoms with Crippen molar-refractivity contribution in [3.8, 4) is 0 Å². The summed E-state index contributed by atoms with van der Waals surface area (Å²) in [6, 6.07) is 33.8. The third-order valence-electron chi connectivity index (χ3n) is 5.31. The molecule has 0 aliphatic carbocycles. The van der Waals surface area contributed by atoms with Gasteiger partial charge in [0.15, 0.2) is 0 Å². The Kier molecular flexibility index (Phi) is 5.73. The van der Waals surface area contributed by atoms with E-state index in [2.05, 4.69) is 89.6 Å². The fourth-order valence-corrected chi connectivity index (χ4v) is 3.92. The zero-order valence-electron chi connectivity index (χ0n) is 17.0. The van der Waals surface area contributed by atoms with Crippen LogP contribution in [0.15, 0.2) is 102 Å². The Morgan fingerprint density at radius 3 is 1.63 bits per heavy atom. The molecule has 30 heavy (non-hydrogen) atoms. The van der Waals surface area contributed by atoms with Gasteiger partial charge in [-0.1, -0.05) is 91.0 Å². The van der Waals surface area contributed by atoms with Crippen LogP contribution in [0.4, 0.5) is 0 Å². The van der Waals surface area contributed by atoms with Gasteiger partial charge in [-0.25, -0.2) is 0 Å². The summed E-state index contributed by atoms with van der Waals surface area (Å²) in [5, 5.41) is 7.52. The molecule has 0 unspecified atom stereocenters. The van der Waals surface area contributed by atoms with Gasteiger partial charge in [0.1, 0.15) is 5.84 Å². The molecule has 0 bridgehead atoms. The number of rotatable bonds is 3. The predicted molar refractivity (Wildman–Crippen MR) is 130 cm³/mol. The van der Waals surface area contributed by atoms with E-state index in [1.54, 1.807) is 0 Å². The van der Waals surface area contributed by atoms with Crippen LogP contribution in [-0.4, -0.2) is 12.9 Å². The highest BCUT2D eigenvalue weighted by Gasteiger charge is 2.09. The van der Waals surface area contributed by atoms with E-state index < -0.39 is 0 Å². The molecule has 4 N–H and O–H groups in total. The average Bonchev–Trinajstić information content (AvgIpc) is 2.84. The van der Waals surface area contributed by atoms with Crippen molar-refractivity contribution < 1.29 is 0 Å². The standard InChI is InChI=1S/C26H20N2.CH5N/c27-26(28-17-18-8-2-1-3-9-18)19-14-15-24-22-12-5-4-10-20(22)21-11-6-7-13-23(21)25(24)16-19;1-2/h1-16H,17H2,(H2,27,28);2H2,1H3. The highest BCUT2D eigenvalue weighted by Crippen LogP contribution is 2.35. The molecule has 0 aromatic heterocycles. The van der Waals surface area contributed by atoms with Gasteiger partial charge in [-0.2, -0.15) is 0 Å². The van der Waals surface area contributed by atoms with Crippen molar-refractivity contribution in [3.63, 3.8) is 0 Å². The smallest absolute Gasteiger partial charge is 0.125 e. The monoisotopic (exact) mass is 391 g/mol. The molecular weight excluding hydrogens is 366 g/mol. The molecule has 0 heterocycles. The molecule has 3 heteroatoms. The molecule has 0 saturated heterocycles. The molecule has 5 aromatic carbocycles. The maximum atomic E-state index is 6.34. The van der Waals surface area contributed by atoms with Crippen LogP contribution in [0.5, 0.6) is 0 Å². The summed E-state index contributed by atoms with van der Waals surface area (Å²) in [5.41, 5.74) is 13.0. The van der Waals surface area contributed by atoms with Crippen molar-refractivity contribution in [1.82, 2.24) is 0 Å². The molecule has 0 atom stereocenters. The van der Waals surface area contributed by atoms with Crippen LogP contribution in [-0.2, 0) is 6.54 Å². The van der Waals surface area contributed by atoms with Gasteiger partial charge in [-0.3, -0.25) is 4.99 Å². The minimum Gasteiger partial charge on any atom is -0.383 e. The molecule has 0 radical (unpaired) electrons. The first-order valence-electron chi connectivity index (χ1n) is 10.1. The lowest BCUT2D eigenvalue weighted by molar-refractivity contribution is 1.06. The van der Waals surface area contributed by atoms with Crippen molar-refractivity contribution in [2.24, 2.45) is 16.5 Å². The van der Waals surface area contributed by atoms with Crippen LogP contribution < -0.4 is 11.5 Å². The van der Waals surface area contributed by atoms with Gasteiger partial charge in [-0.15, -0.1) is 0 Å². The van der Waals surface area contributed by atoms with Crippen molar-refractivity contribution in [3.05, 3.63) is 108 Å². The minimum atomic E-state index is 0.572. The zero-order chi connectivity index (χ0) is 20.9. The first-order valence-corrected chi connectivity index (χ1v) is 10.1. The van der Waals surface area contributed by atoms with Gasteiger partial charge in [-0.05, 0) is 51.0 Å². The number of nitrogens with zero attached hydrogens (tertiary/aromatic N) is 1. The average molecular weight is 392 g/mol. The van der Waals surface area contributed by atoms with Gasteiger partial charge < -0.3 is 11.5 Å². The summed E-state index contributed by atoms with van der Waals surface area (Å²) in [6.45, 7) is 0.586. The van der Waals surface area contributed by atoms with E-state index in [1.807, 2.05) is 18.2 Å². The number of hydrogen-bond acceptors (Lipinski definition) is 2. The number of amidine groups is 1. The zero-order valence-corrected chi connectivity index (χ0v) is 17.0. The van der Waals surface area contributed by atoms with Gasteiger partial charge in [0, 0.05) is 5.56 Å². The molecule has 0 aliphatic rings. The maximum absolute atomic E-state index is 6.34. The quantitative estimate of drug-likeness (QED) is 0.238. The fourth-order valence-electron chi connectivity index (χ4n) is 3.92. The van der Waals surface area contributed by atoms with Crippen LogP contribution in [0.1, 0.15) is 11.1 Å². The lowest BCUT2D eigenvalue weighted by Crippen LogP contribution is -2.13. The SMILES string of the molecule is CN.NC(=NCc1ccccc1)c1ccc2c3ccccc3c3ccccc3c2c1. The Morgan fingerprint density at radius 1 is 0.600 bits per heavy atom. The van der Waals surface area contributed by atoms with Crippen molar-refractivity contribution in [2.75, 3.05) is 7.05 Å². The molecule has 0 saturated carbocycles. The van der Waals surface area contributed by atoms with Crippen LogP contribution in [0.25, 0.3) is 32.3 Å². The lowest BCUT2D eigenvalue weighted by atomic mass is 9.93. The predicted octanol–water partition coefficient (Wildman–Crippen LogP) is 5.63. The lowest BCUT2D eigenvalue weighted by Gasteiger charge is -2.11. The van der Waals surface area contributed by atoms with Gasteiger partial charge in [0.2, 0.25) is 0 Å². The second kappa shape index (κ2) is 8.76. The number of fused-ring (bicyclic) bond motifs is 6. The molecule has 5 rings (SSSR count). The van der Waals surface area contributed by atoms with Crippen molar-refractivity contribution in [1.29, 1.82) is 0 Å². The van der Waals surface area contributed by atoms with E-state index in [0.29, 0.717) is 12.4 Å². The molecular formula is C27H25N3. The van der Waals surface area contributed by atoms with Crippen LogP contribution in [0, 0.1) is 0 Å². The molecule has 148 valence electrons. The Morgan fingerprint density at radius 2 is 1.07 bits per heavy atom. The maximum Gasteiger partial charge on any atom is 0.125 e. The van der Waals surface area contributed by atoms with E-state index in [1.165, 1.54) is 39.4 Å². The summed E-state index contributed by atoms with van der Waals surface area (Å²) >= 11 is 0. The van der Waals surface area contributed by atoms with Crippen molar-refractivity contribution >= 4 is 38.2 Å². The number of hydrogen-bond donors (Lipinski definition) is 2. The largest absolute Gasteiger partial charge is 0.383 e. The molecule has 0 spiro atoms. The van der Waals surface area contributed by atoms with E-state index in [0.717, 1.165) is 11.1 Å². The van der Waals surface area contributed by atoms with E-state index in [4.69, 9.17) is 5.73 Å². The Labute approximate surface area is 176 Å². The first-order chi connectivity index (χ1) is 14.8. The Bertz CT molecular complexity index is 1300. The minimum absolute atomic E-state index is 0.572. The second-order valence-corrected chi connectivity index (χ2v) is 7.04. The third-order valence-corrected chi connectivity index (χ3v) is 5.31. The summed E-state index contributed by atoms with van der Waals surface area (Å²) < 4.78 is 0. The summed E-state index contributed by atoms with van der Waals surface area (Å²) in [6.07, 6.45) is 0. The second-order valence-electron chi connectivity index (χ2n) is 7.04. The van der Waals surface area contributed by atoms with E-state index in [9.17, 15) is 0 Å². The van der Waals surface area contributed by atoms with Crippen LogP contribution >= 0.6 is 0 Å². The molecule has 3 nitrogen and oxygen atoms in total. The topological polar surface area (TPSA) is 64.4 Å². The molecule has 0 aliphatic heterocycles. The number of nitrogens with two attached hydrogens (primary N) is 2. The Balaban J connectivity index is 0.00000106. The Hall–Kier alpha value is -3.69. The highest BCUT2D eigenvalue weighted by atomic mass is 14.8.